The van der Waals surface area contributed by atoms with Gasteiger partial charge in [0, 0.05) is 12.6 Å². The van der Waals surface area contributed by atoms with Gasteiger partial charge in [0.05, 0.1) is 12.5 Å². The lowest BCUT2D eigenvalue weighted by Gasteiger charge is -2.22. The Kier molecular flexibility index (Phi) is 3.96. The van der Waals surface area contributed by atoms with Gasteiger partial charge < -0.3 is 10.1 Å². The second-order valence-electron chi connectivity index (χ2n) is 3.45. The third-order valence-corrected chi connectivity index (χ3v) is 2.25. The van der Waals surface area contributed by atoms with Crippen molar-refractivity contribution < 1.29 is 9.53 Å². The number of amides is 1. The maximum Gasteiger partial charge on any atom is 0.225 e. The van der Waals surface area contributed by atoms with Crippen LogP contribution in [0.3, 0.4) is 0 Å². The molecule has 2 unspecified atom stereocenters. The number of carbonyl (C=O) groups excluding carboxylic acids is 1. The molecule has 2 atom stereocenters. The molecule has 0 saturated carbocycles. The van der Waals surface area contributed by atoms with E-state index < -0.39 is 0 Å². The number of hydrogen-bond acceptors (Lipinski definition) is 2. The molecule has 0 spiro atoms. The quantitative estimate of drug-likeness (QED) is 0.665. The maximum absolute atomic E-state index is 11.5. The molecule has 74 valence electrons. The molecule has 0 aliphatic carbocycles. The largest absolute Gasteiger partial charge is 0.381 e. The number of rotatable bonds is 3. The maximum atomic E-state index is 11.5. The molecule has 1 N–H and O–H groups in total. The fraction of sp³-hybridized carbons (Fsp3) is 0.700. The first-order valence-electron chi connectivity index (χ1n) is 4.74. The Morgan fingerprint density at radius 1 is 1.77 bits per heavy atom. The molecule has 0 aromatic heterocycles. The molecule has 1 aliphatic rings. The van der Waals surface area contributed by atoms with Crippen molar-refractivity contribution in [3.05, 3.63) is 12.7 Å². The summed E-state index contributed by atoms with van der Waals surface area (Å²) in [7, 11) is 0. The summed E-state index contributed by atoms with van der Waals surface area (Å²) in [6, 6.07) is 0.0504. The summed E-state index contributed by atoms with van der Waals surface area (Å²) < 4.78 is 5.23. The first-order valence-corrected chi connectivity index (χ1v) is 4.74. The zero-order valence-corrected chi connectivity index (χ0v) is 8.08. The monoisotopic (exact) mass is 183 g/mol. The zero-order valence-electron chi connectivity index (χ0n) is 8.08. The second-order valence-corrected chi connectivity index (χ2v) is 3.45. The minimum absolute atomic E-state index is 0.0381. The van der Waals surface area contributed by atoms with Crippen LogP contribution >= 0.6 is 0 Å². The fourth-order valence-electron chi connectivity index (χ4n) is 1.35. The highest BCUT2D eigenvalue weighted by Gasteiger charge is 2.21. The van der Waals surface area contributed by atoms with Gasteiger partial charge in [-0.25, -0.2) is 0 Å². The predicted octanol–water partition coefficient (Wildman–Crippen LogP) is 1.10. The Balaban J connectivity index is 2.32. The molecule has 1 amide bonds. The number of nitrogens with one attached hydrogen (secondary N) is 1. The van der Waals surface area contributed by atoms with E-state index in [1.54, 1.807) is 6.08 Å². The smallest absolute Gasteiger partial charge is 0.225 e. The Morgan fingerprint density at radius 2 is 2.54 bits per heavy atom. The highest BCUT2D eigenvalue weighted by Crippen LogP contribution is 2.13. The summed E-state index contributed by atoms with van der Waals surface area (Å²) in [4.78, 5) is 11.5. The summed E-state index contributed by atoms with van der Waals surface area (Å²) in [5.41, 5.74) is 0. The van der Waals surface area contributed by atoms with E-state index in [-0.39, 0.29) is 17.9 Å². The van der Waals surface area contributed by atoms with E-state index in [1.165, 1.54) is 0 Å². The van der Waals surface area contributed by atoms with Crippen LogP contribution in [-0.4, -0.2) is 25.2 Å². The average Bonchev–Trinajstić information content (AvgIpc) is 2.19. The summed E-state index contributed by atoms with van der Waals surface area (Å²) in [5, 5.41) is 2.86. The molecular weight excluding hydrogens is 166 g/mol. The van der Waals surface area contributed by atoms with Crippen LogP contribution in [0, 0.1) is 5.92 Å². The number of hydrogen-bond donors (Lipinski definition) is 1. The van der Waals surface area contributed by atoms with E-state index in [4.69, 9.17) is 4.74 Å². The standard InChI is InChI=1S/C10H17NO2/c1-3-8(2)11-10(12)9-5-4-6-13-7-9/h3,8-9H,1,4-7H2,2H3,(H,11,12). The van der Waals surface area contributed by atoms with Crippen molar-refractivity contribution in [2.45, 2.75) is 25.8 Å². The molecule has 1 heterocycles. The van der Waals surface area contributed by atoms with Crippen molar-refractivity contribution in [1.29, 1.82) is 0 Å². The summed E-state index contributed by atoms with van der Waals surface area (Å²) >= 11 is 0. The van der Waals surface area contributed by atoms with E-state index in [0.29, 0.717) is 6.61 Å². The summed E-state index contributed by atoms with van der Waals surface area (Å²) in [6.45, 7) is 6.88. The van der Waals surface area contributed by atoms with Crippen LogP contribution in [-0.2, 0) is 9.53 Å². The molecule has 1 fully saturated rings. The Hall–Kier alpha value is -0.830. The first-order chi connectivity index (χ1) is 6.24. The van der Waals surface area contributed by atoms with Crippen LogP contribution in [0.4, 0.5) is 0 Å². The second kappa shape index (κ2) is 5.02. The summed E-state index contributed by atoms with van der Waals surface area (Å²) in [5.74, 6) is 0.128. The van der Waals surface area contributed by atoms with Crippen molar-refractivity contribution >= 4 is 5.91 Å². The van der Waals surface area contributed by atoms with Gasteiger partial charge in [0.1, 0.15) is 0 Å². The van der Waals surface area contributed by atoms with Crippen LogP contribution in [0.25, 0.3) is 0 Å². The van der Waals surface area contributed by atoms with Gasteiger partial charge in [0.25, 0.3) is 0 Å². The van der Waals surface area contributed by atoms with Crippen LogP contribution in [0.15, 0.2) is 12.7 Å². The molecular formula is C10H17NO2. The predicted molar refractivity (Wildman–Crippen MR) is 51.3 cm³/mol. The van der Waals surface area contributed by atoms with Gasteiger partial charge in [-0.05, 0) is 19.8 Å². The van der Waals surface area contributed by atoms with Gasteiger partial charge in [-0.15, -0.1) is 6.58 Å². The van der Waals surface area contributed by atoms with Gasteiger partial charge in [-0.1, -0.05) is 6.08 Å². The lowest BCUT2D eigenvalue weighted by atomic mass is 10.0. The number of ether oxygens (including phenoxy) is 1. The minimum atomic E-state index is 0.0381. The van der Waals surface area contributed by atoms with E-state index in [2.05, 4.69) is 11.9 Å². The lowest BCUT2D eigenvalue weighted by molar-refractivity contribution is -0.129. The van der Waals surface area contributed by atoms with Crippen LogP contribution in [0.1, 0.15) is 19.8 Å². The molecule has 1 saturated heterocycles. The molecule has 0 aromatic rings. The molecule has 3 heteroatoms. The van der Waals surface area contributed by atoms with E-state index in [0.717, 1.165) is 19.4 Å². The van der Waals surface area contributed by atoms with Gasteiger partial charge in [0.15, 0.2) is 0 Å². The molecule has 0 radical (unpaired) electrons. The number of carbonyl (C=O) groups is 1. The van der Waals surface area contributed by atoms with Crippen molar-refractivity contribution in [3.63, 3.8) is 0 Å². The van der Waals surface area contributed by atoms with Gasteiger partial charge in [-0.2, -0.15) is 0 Å². The van der Waals surface area contributed by atoms with Crippen molar-refractivity contribution in [3.8, 4) is 0 Å². The van der Waals surface area contributed by atoms with Crippen molar-refractivity contribution in [2.75, 3.05) is 13.2 Å². The Labute approximate surface area is 79.2 Å². The molecule has 13 heavy (non-hydrogen) atoms. The highest BCUT2D eigenvalue weighted by atomic mass is 16.5. The topological polar surface area (TPSA) is 38.3 Å². The van der Waals surface area contributed by atoms with Gasteiger partial charge >= 0.3 is 0 Å². The Morgan fingerprint density at radius 3 is 3.08 bits per heavy atom. The molecule has 1 rings (SSSR count). The highest BCUT2D eigenvalue weighted by molar-refractivity contribution is 5.79. The van der Waals surface area contributed by atoms with Crippen LogP contribution in [0.5, 0.6) is 0 Å². The lowest BCUT2D eigenvalue weighted by Crippen LogP contribution is -2.39. The zero-order chi connectivity index (χ0) is 9.68. The summed E-state index contributed by atoms with van der Waals surface area (Å²) in [6.07, 6.45) is 3.65. The van der Waals surface area contributed by atoms with Crippen LogP contribution < -0.4 is 5.32 Å². The van der Waals surface area contributed by atoms with Gasteiger partial charge in [0.2, 0.25) is 5.91 Å². The Bertz CT molecular complexity index is 185. The van der Waals surface area contributed by atoms with E-state index >= 15 is 0 Å². The van der Waals surface area contributed by atoms with E-state index in [1.807, 2.05) is 6.92 Å². The molecule has 0 bridgehead atoms. The van der Waals surface area contributed by atoms with Crippen molar-refractivity contribution in [1.82, 2.24) is 5.32 Å². The van der Waals surface area contributed by atoms with Gasteiger partial charge in [-0.3, -0.25) is 4.79 Å². The fourth-order valence-corrected chi connectivity index (χ4v) is 1.35. The molecule has 1 aliphatic heterocycles. The van der Waals surface area contributed by atoms with Crippen molar-refractivity contribution in [2.24, 2.45) is 5.92 Å². The molecule has 0 aromatic carbocycles. The molecule has 3 nitrogen and oxygen atoms in total. The minimum Gasteiger partial charge on any atom is -0.381 e. The third kappa shape index (κ3) is 3.19. The van der Waals surface area contributed by atoms with Crippen LogP contribution in [0.2, 0.25) is 0 Å². The normalized spacial score (nSPS) is 24.8. The van der Waals surface area contributed by atoms with E-state index in [9.17, 15) is 4.79 Å². The average molecular weight is 183 g/mol. The third-order valence-electron chi connectivity index (χ3n) is 2.25. The SMILES string of the molecule is C=CC(C)NC(=O)C1CCCOC1. The first kappa shape index (κ1) is 10.3.